The number of phenols is 1. The molecule has 0 saturated carbocycles. The van der Waals surface area contributed by atoms with Gasteiger partial charge in [0.05, 0.1) is 0 Å². The zero-order valence-electron chi connectivity index (χ0n) is 5.46. The van der Waals surface area contributed by atoms with Gasteiger partial charge < -0.3 is 0 Å². The number of benzene rings is 1. The van der Waals surface area contributed by atoms with E-state index >= 15 is 0 Å². The molecule has 0 spiro atoms. The Morgan fingerprint density at radius 2 is 2.00 bits per heavy atom. The first kappa shape index (κ1) is 9.05. The molecule has 0 fully saturated rings. The third-order valence-corrected chi connectivity index (χ3v) is 4.64. The number of anilines is 1. The van der Waals surface area contributed by atoms with E-state index in [2.05, 4.69) is 0 Å². The maximum atomic E-state index is 9.03. The van der Waals surface area contributed by atoms with Gasteiger partial charge in [0.15, 0.2) is 0 Å². The summed E-state index contributed by atoms with van der Waals surface area (Å²) in [6, 6.07) is 4.79. The number of phenolic OH excluding ortho intramolecular Hbond substituents is 1. The molecule has 0 atom stereocenters. The fourth-order valence-electron chi connectivity index (χ4n) is 0.647. The van der Waals surface area contributed by atoms with E-state index in [9.17, 15) is 0 Å². The molecule has 0 aliphatic rings. The Hall–Kier alpha value is -0.0416. The Balaban J connectivity index is 3.05. The van der Waals surface area contributed by atoms with Gasteiger partial charge >= 0.3 is 77.5 Å². The Bertz CT molecular complexity index is 267. The SMILES string of the molecule is Nc1cc([As](Cl)Cl)ccc1O. The van der Waals surface area contributed by atoms with Gasteiger partial charge in [-0.15, -0.1) is 0 Å². The standard InChI is InChI=1S/C6H6AsCl2NO/c8-7(9)4-1-2-6(11)5(10)3-4/h1-3,11H,10H2. The summed E-state index contributed by atoms with van der Waals surface area (Å²) in [7, 11) is 11.4. The van der Waals surface area contributed by atoms with Crippen molar-refractivity contribution in [1.29, 1.82) is 0 Å². The molecule has 0 amide bonds. The van der Waals surface area contributed by atoms with E-state index in [1.54, 1.807) is 12.1 Å². The minimum atomic E-state index is -1.89. The van der Waals surface area contributed by atoms with Gasteiger partial charge in [-0.2, -0.15) is 0 Å². The zero-order chi connectivity index (χ0) is 8.43. The van der Waals surface area contributed by atoms with Gasteiger partial charge in [0, 0.05) is 0 Å². The summed E-state index contributed by atoms with van der Waals surface area (Å²) in [5, 5.41) is 9.03. The van der Waals surface area contributed by atoms with Crippen molar-refractivity contribution < 1.29 is 5.11 Å². The Morgan fingerprint density at radius 1 is 1.36 bits per heavy atom. The van der Waals surface area contributed by atoms with Crippen LogP contribution in [-0.2, 0) is 0 Å². The molecule has 0 saturated heterocycles. The van der Waals surface area contributed by atoms with E-state index in [0.717, 1.165) is 4.35 Å². The van der Waals surface area contributed by atoms with E-state index < -0.39 is 12.8 Å². The molecule has 0 heterocycles. The number of hydrogen-bond acceptors (Lipinski definition) is 2. The second-order valence-corrected chi connectivity index (χ2v) is 8.45. The predicted molar refractivity (Wildman–Crippen MR) is 49.6 cm³/mol. The average molecular weight is 254 g/mol. The van der Waals surface area contributed by atoms with Crippen molar-refractivity contribution in [2.75, 3.05) is 5.73 Å². The van der Waals surface area contributed by atoms with Crippen molar-refractivity contribution in [3.8, 4) is 5.75 Å². The van der Waals surface area contributed by atoms with Crippen molar-refractivity contribution in [2.24, 2.45) is 0 Å². The fraction of sp³-hybridized carbons (Fsp3) is 0. The Labute approximate surface area is 77.5 Å². The van der Waals surface area contributed by atoms with Gasteiger partial charge in [-0.3, -0.25) is 0 Å². The summed E-state index contributed by atoms with van der Waals surface area (Å²) in [5.74, 6) is 0.0675. The van der Waals surface area contributed by atoms with E-state index in [-0.39, 0.29) is 5.75 Å². The van der Waals surface area contributed by atoms with Crippen LogP contribution in [-0.4, -0.2) is 17.9 Å². The summed E-state index contributed by atoms with van der Waals surface area (Å²) in [5.41, 5.74) is 5.74. The first-order chi connectivity index (χ1) is 5.11. The molecule has 0 aliphatic carbocycles. The molecule has 2 nitrogen and oxygen atoms in total. The number of rotatable bonds is 1. The van der Waals surface area contributed by atoms with Crippen LogP contribution in [0.25, 0.3) is 0 Å². The first-order valence-electron chi connectivity index (χ1n) is 2.81. The second kappa shape index (κ2) is 3.57. The molecule has 3 N–H and O–H groups in total. The van der Waals surface area contributed by atoms with Crippen LogP contribution in [0.15, 0.2) is 18.2 Å². The van der Waals surface area contributed by atoms with Crippen molar-refractivity contribution in [1.82, 2.24) is 0 Å². The number of halogens is 2. The molecule has 1 aromatic rings. The van der Waals surface area contributed by atoms with Crippen LogP contribution in [0.3, 0.4) is 0 Å². The normalized spacial score (nSPS) is 10.5. The van der Waals surface area contributed by atoms with Crippen LogP contribution in [0.4, 0.5) is 5.69 Å². The van der Waals surface area contributed by atoms with Gasteiger partial charge in [0.2, 0.25) is 0 Å². The number of aromatic hydroxyl groups is 1. The zero-order valence-corrected chi connectivity index (χ0v) is 8.85. The molecule has 1 aromatic carbocycles. The summed E-state index contributed by atoms with van der Waals surface area (Å²) in [6.45, 7) is 0. The first-order valence-corrected chi connectivity index (χ1v) is 8.68. The van der Waals surface area contributed by atoms with Crippen molar-refractivity contribution in [3.63, 3.8) is 0 Å². The van der Waals surface area contributed by atoms with E-state index in [4.69, 9.17) is 30.7 Å². The number of nitrogen functional groups attached to an aromatic ring is 1. The molecule has 0 aromatic heterocycles. The summed E-state index contributed by atoms with van der Waals surface area (Å²) in [4.78, 5) is 0. The topological polar surface area (TPSA) is 46.2 Å². The molecule has 0 unspecified atom stereocenters. The number of nitrogens with two attached hydrogens (primary N) is 1. The Kier molecular flexibility index (Phi) is 2.94. The molecule has 0 bridgehead atoms. The second-order valence-electron chi connectivity index (χ2n) is 1.98. The molecule has 5 heteroatoms. The van der Waals surface area contributed by atoms with Gasteiger partial charge in [0.1, 0.15) is 0 Å². The van der Waals surface area contributed by atoms with Crippen molar-refractivity contribution in [2.45, 2.75) is 0 Å². The fourth-order valence-corrected chi connectivity index (χ4v) is 2.63. The van der Waals surface area contributed by atoms with Crippen LogP contribution in [0.5, 0.6) is 5.75 Å². The van der Waals surface area contributed by atoms with Gasteiger partial charge in [0.25, 0.3) is 0 Å². The average Bonchev–Trinajstić information content (AvgIpc) is 1.94. The molecule has 0 aliphatic heterocycles. The quantitative estimate of drug-likeness (QED) is 0.448. The van der Waals surface area contributed by atoms with E-state index in [0.29, 0.717) is 5.69 Å². The summed E-state index contributed by atoms with van der Waals surface area (Å²) >= 11 is -1.89. The van der Waals surface area contributed by atoms with Crippen LogP contribution in [0.2, 0.25) is 0 Å². The predicted octanol–water partition coefficient (Wildman–Crippen LogP) is 1.15. The molecular weight excluding hydrogens is 248 g/mol. The van der Waals surface area contributed by atoms with Gasteiger partial charge in [-0.05, 0) is 0 Å². The molecule has 60 valence electrons. The van der Waals surface area contributed by atoms with Crippen LogP contribution < -0.4 is 10.1 Å². The van der Waals surface area contributed by atoms with Crippen LogP contribution >= 0.6 is 19.9 Å². The van der Waals surface area contributed by atoms with Crippen molar-refractivity contribution >= 4 is 42.7 Å². The summed E-state index contributed by atoms with van der Waals surface area (Å²) in [6.07, 6.45) is 0. The van der Waals surface area contributed by atoms with Crippen LogP contribution in [0.1, 0.15) is 0 Å². The molecule has 1 rings (SSSR count). The Morgan fingerprint density at radius 3 is 2.45 bits per heavy atom. The molecule has 0 radical (unpaired) electrons. The van der Waals surface area contributed by atoms with Crippen molar-refractivity contribution in [3.05, 3.63) is 18.2 Å². The summed E-state index contributed by atoms with van der Waals surface area (Å²) < 4.78 is 0.830. The third-order valence-electron chi connectivity index (χ3n) is 1.21. The monoisotopic (exact) mass is 253 g/mol. The molecule has 11 heavy (non-hydrogen) atoms. The molecular formula is C6H6AsCl2NO. The van der Waals surface area contributed by atoms with Gasteiger partial charge in [-0.25, -0.2) is 0 Å². The third kappa shape index (κ3) is 2.19. The van der Waals surface area contributed by atoms with Crippen LogP contribution in [0, 0.1) is 0 Å². The number of hydrogen-bond donors (Lipinski definition) is 2. The minimum absolute atomic E-state index is 0.0675. The van der Waals surface area contributed by atoms with Gasteiger partial charge in [-0.1, -0.05) is 0 Å². The maximum absolute atomic E-state index is 9.03. The van der Waals surface area contributed by atoms with E-state index in [1.807, 2.05) is 0 Å². The van der Waals surface area contributed by atoms with E-state index in [1.165, 1.54) is 6.07 Å².